The Balaban J connectivity index is 2.39. The molecular weight excluding hydrogens is 274 g/mol. The molecular formula is C18H27N3O. The number of aromatic nitrogens is 3. The molecule has 0 bridgehead atoms. The molecule has 1 heterocycles. The second-order valence-electron chi connectivity index (χ2n) is 6.71. The van der Waals surface area contributed by atoms with Crippen molar-refractivity contribution >= 4 is 0 Å². The summed E-state index contributed by atoms with van der Waals surface area (Å²) in [6, 6.07) is 6.60. The number of hydrogen-bond donors (Lipinski definition) is 1. The molecule has 1 aromatic carbocycles. The Bertz CT molecular complexity index is 585. The lowest BCUT2D eigenvalue weighted by atomic mass is 9.82. The van der Waals surface area contributed by atoms with Crippen molar-refractivity contribution < 1.29 is 4.74 Å². The van der Waals surface area contributed by atoms with Crippen LogP contribution in [0.15, 0.2) is 24.4 Å². The van der Waals surface area contributed by atoms with E-state index in [1.807, 2.05) is 6.92 Å². The van der Waals surface area contributed by atoms with Crippen molar-refractivity contribution in [2.75, 3.05) is 6.61 Å². The topological polar surface area (TPSA) is 50.8 Å². The molecule has 120 valence electrons. The number of ether oxygens (including phenoxy) is 1. The van der Waals surface area contributed by atoms with Crippen LogP contribution in [0.1, 0.15) is 63.8 Å². The smallest absolute Gasteiger partial charge is 0.122 e. The first-order valence-electron chi connectivity index (χ1n) is 8.07. The van der Waals surface area contributed by atoms with Gasteiger partial charge in [-0.2, -0.15) is 15.4 Å². The van der Waals surface area contributed by atoms with E-state index in [0.29, 0.717) is 12.5 Å². The fraction of sp³-hybridized carbons (Fsp3) is 0.556. The molecule has 4 nitrogen and oxygen atoms in total. The highest BCUT2D eigenvalue weighted by Crippen LogP contribution is 2.35. The Morgan fingerprint density at radius 1 is 1.23 bits per heavy atom. The van der Waals surface area contributed by atoms with Crippen molar-refractivity contribution in [3.05, 3.63) is 41.2 Å². The van der Waals surface area contributed by atoms with Gasteiger partial charge in [0.2, 0.25) is 0 Å². The minimum atomic E-state index is 0.131. The molecule has 0 saturated carbocycles. The predicted octanol–water partition coefficient (Wildman–Crippen LogP) is 4.24. The van der Waals surface area contributed by atoms with Gasteiger partial charge < -0.3 is 4.74 Å². The number of nitrogens with one attached hydrogen (secondary N) is 1. The number of hydrogen-bond acceptors (Lipinski definition) is 3. The maximum atomic E-state index is 5.86. The minimum Gasteiger partial charge on any atom is -0.494 e. The van der Waals surface area contributed by atoms with E-state index in [-0.39, 0.29) is 5.41 Å². The van der Waals surface area contributed by atoms with E-state index in [1.165, 1.54) is 11.1 Å². The molecule has 0 aliphatic heterocycles. The first-order valence-corrected chi connectivity index (χ1v) is 8.07. The molecule has 0 saturated heterocycles. The molecule has 1 unspecified atom stereocenters. The Kier molecular flexibility index (Phi) is 5.22. The van der Waals surface area contributed by atoms with Gasteiger partial charge in [-0.1, -0.05) is 39.8 Å². The van der Waals surface area contributed by atoms with Crippen molar-refractivity contribution in [3.8, 4) is 5.75 Å². The number of rotatable bonds is 6. The molecule has 1 N–H and O–H groups in total. The number of nitrogens with zero attached hydrogens (tertiary/aromatic N) is 2. The van der Waals surface area contributed by atoms with Crippen molar-refractivity contribution in [1.29, 1.82) is 0 Å². The van der Waals surface area contributed by atoms with Gasteiger partial charge in [-0.05, 0) is 41.9 Å². The molecule has 2 rings (SSSR count). The summed E-state index contributed by atoms with van der Waals surface area (Å²) in [7, 11) is 0. The summed E-state index contributed by atoms with van der Waals surface area (Å²) in [5.41, 5.74) is 3.74. The zero-order chi connectivity index (χ0) is 16.2. The third-order valence-corrected chi connectivity index (χ3v) is 4.03. The lowest BCUT2D eigenvalue weighted by molar-refractivity contribution is 0.333. The third-order valence-electron chi connectivity index (χ3n) is 4.03. The van der Waals surface area contributed by atoms with Gasteiger partial charge in [0.15, 0.2) is 0 Å². The van der Waals surface area contributed by atoms with E-state index in [1.54, 1.807) is 6.20 Å². The summed E-state index contributed by atoms with van der Waals surface area (Å²) in [5, 5.41) is 10.8. The van der Waals surface area contributed by atoms with Gasteiger partial charge >= 0.3 is 0 Å². The Hall–Kier alpha value is -1.84. The highest BCUT2D eigenvalue weighted by atomic mass is 16.5. The quantitative estimate of drug-likeness (QED) is 0.868. The fourth-order valence-corrected chi connectivity index (χ4v) is 2.67. The van der Waals surface area contributed by atoms with E-state index < -0.39 is 0 Å². The maximum absolute atomic E-state index is 5.86. The Morgan fingerprint density at radius 2 is 2.00 bits per heavy atom. The standard InChI is InChI=1S/C18H27N3O/c1-6-13(10-15-12-19-21-20-15)16-11-14(18(3,4)5)8-9-17(16)22-7-2/h8-9,11-13H,6-7,10H2,1-5H3,(H,19,20,21). The van der Waals surface area contributed by atoms with Gasteiger partial charge in [-0.25, -0.2) is 0 Å². The minimum absolute atomic E-state index is 0.131. The fourth-order valence-electron chi connectivity index (χ4n) is 2.67. The van der Waals surface area contributed by atoms with Crippen LogP contribution in [0.2, 0.25) is 0 Å². The maximum Gasteiger partial charge on any atom is 0.122 e. The third kappa shape index (κ3) is 3.87. The van der Waals surface area contributed by atoms with Crippen LogP contribution in [-0.4, -0.2) is 22.0 Å². The van der Waals surface area contributed by atoms with E-state index in [9.17, 15) is 0 Å². The average Bonchev–Trinajstić information content (AvgIpc) is 2.97. The lowest BCUT2D eigenvalue weighted by Gasteiger charge is -2.24. The van der Waals surface area contributed by atoms with Gasteiger partial charge in [0.1, 0.15) is 5.75 Å². The average molecular weight is 301 g/mol. The number of benzene rings is 1. The van der Waals surface area contributed by atoms with Gasteiger partial charge in [-0.3, -0.25) is 0 Å². The zero-order valence-corrected chi connectivity index (χ0v) is 14.3. The predicted molar refractivity (Wildman–Crippen MR) is 89.4 cm³/mol. The van der Waals surface area contributed by atoms with E-state index in [2.05, 4.69) is 61.3 Å². The Labute approximate surface area is 133 Å². The second-order valence-corrected chi connectivity index (χ2v) is 6.71. The summed E-state index contributed by atoms with van der Waals surface area (Å²) < 4.78 is 5.86. The largest absolute Gasteiger partial charge is 0.494 e. The normalized spacial score (nSPS) is 13.1. The van der Waals surface area contributed by atoms with E-state index in [0.717, 1.165) is 24.3 Å². The molecule has 0 amide bonds. The number of aromatic amines is 1. The summed E-state index contributed by atoms with van der Waals surface area (Å²) in [5.74, 6) is 1.37. The number of H-pyrrole nitrogens is 1. The van der Waals surface area contributed by atoms with Crippen LogP contribution < -0.4 is 4.74 Å². The monoisotopic (exact) mass is 301 g/mol. The van der Waals surface area contributed by atoms with Crippen LogP contribution in [0.5, 0.6) is 5.75 Å². The van der Waals surface area contributed by atoms with Crippen molar-refractivity contribution in [1.82, 2.24) is 15.4 Å². The van der Waals surface area contributed by atoms with Gasteiger partial charge in [0, 0.05) is 6.42 Å². The molecule has 0 fully saturated rings. The molecule has 0 aliphatic carbocycles. The summed E-state index contributed by atoms with van der Waals surface area (Å²) in [6.07, 6.45) is 3.72. The first kappa shape index (κ1) is 16.5. The van der Waals surface area contributed by atoms with E-state index in [4.69, 9.17) is 4.74 Å². The molecule has 22 heavy (non-hydrogen) atoms. The van der Waals surface area contributed by atoms with Crippen LogP contribution in [-0.2, 0) is 11.8 Å². The Morgan fingerprint density at radius 3 is 2.55 bits per heavy atom. The summed E-state index contributed by atoms with van der Waals surface area (Å²) in [6.45, 7) is 11.6. The van der Waals surface area contributed by atoms with Crippen LogP contribution >= 0.6 is 0 Å². The molecule has 0 radical (unpaired) electrons. The summed E-state index contributed by atoms with van der Waals surface area (Å²) >= 11 is 0. The van der Waals surface area contributed by atoms with Crippen LogP contribution in [0.25, 0.3) is 0 Å². The van der Waals surface area contributed by atoms with Crippen molar-refractivity contribution in [3.63, 3.8) is 0 Å². The molecule has 0 aliphatic rings. The van der Waals surface area contributed by atoms with Gasteiger partial charge in [0.05, 0.1) is 18.5 Å². The molecule has 1 aromatic heterocycles. The SMILES string of the molecule is CCOc1ccc(C(C)(C)C)cc1C(CC)Cc1cn[nH]n1. The highest BCUT2D eigenvalue weighted by molar-refractivity contribution is 5.42. The molecule has 1 atom stereocenters. The zero-order valence-electron chi connectivity index (χ0n) is 14.3. The lowest BCUT2D eigenvalue weighted by Crippen LogP contribution is -2.13. The van der Waals surface area contributed by atoms with Crippen molar-refractivity contribution in [2.24, 2.45) is 0 Å². The van der Waals surface area contributed by atoms with Crippen molar-refractivity contribution in [2.45, 2.75) is 58.8 Å². The van der Waals surface area contributed by atoms with Crippen LogP contribution in [0, 0.1) is 0 Å². The summed E-state index contributed by atoms with van der Waals surface area (Å²) in [4.78, 5) is 0. The van der Waals surface area contributed by atoms with E-state index >= 15 is 0 Å². The molecule has 4 heteroatoms. The van der Waals surface area contributed by atoms with Crippen LogP contribution in [0.3, 0.4) is 0 Å². The molecule has 2 aromatic rings. The first-order chi connectivity index (χ1) is 10.5. The molecule has 0 spiro atoms. The van der Waals surface area contributed by atoms with Gasteiger partial charge in [-0.15, -0.1) is 0 Å². The van der Waals surface area contributed by atoms with Gasteiger partial charge in [0.25, 0.3) is 0 Å². The highest BCUT2D eigenvalue weighted by Gasteiger charge is 2.21. The second kappa shape index (κ2) is 6.95. The van der Waals surface area contributed by atoms with Crippen LogP contribution in [0.4, 0.5) is 0 Å².